The Labute approximate surface area is 91.4 Å². The molecule has 0 bridgehead atoms. The molecule has 0 spiro atoms. The highest BCUT2D eigenvalue weighted by Gasteiger charge is 2.26. The van der Waals surface area contributed by atoms with Gasteiger partial charge in [0.15, 0.2) is 0 Å². The second-order valence-electron chi connectivity index (χ2n) is 5.02. The fraction of sp³-hybridized carbons (Fsp3) is 1.00. The van der Waals surface area contributed by atoms with Gasteiger partial charge in [0.2, 0.25) is 0 Å². The lowest BCUT2D eigenvalue weighted by molar-refractivity contribution is -0.0844. The Kier molecular flexibility index (Phi) is 4.00. The number of aliphatic hydroxyl groups excluding tert-OH is 2. The molecule has 0 aromatic heterocycles. The summed E-state index contributed by atoms with van der Waals surface area (Å²) >= 11 is 0. The molecule has 3 nitrogen and oxygen atoms in total. The molecule has 15 heavy (non-hydrogen) atoms. The maximum Gasteiger partial charge on any atom is 0.0603 e. The normalized spacial score (nSPS) is 42.8. The summed E-state index contributed by atoms with van der Waals surface area (Å²) in [6, 6.07) is 0. The molecule has 4 atom stereocenters. The van der Waals surface area contributed by atoms with E-state index in [2.05, 4.69) is 0 Å². The molecule has 0 aromatic rings. The Bertz CT molecular complexity index is 175. The molecule has 2 fully saturated rings. The first kappa shape index (κ1) is 11.4. The van der Waals surface area contributed by atoms with Crippen molar-refractivity contribution in [2.75, 3.05) is 0 Å². The molecule has 0 aromatic carbocycles. The molecule has 2 N–H and O–H groups in total. The summed E-state index contributed by atoms with van der Waals surface area (Å²) in [5, 5.41) is 19.1. The van der Waals surface area contributed by atoms with E-state index >= 15 is 0 Å². The van der Waals surface area contributed by atoms with Gasteiger partial charge in [0, 0.05) is 0 Å². The smallest absolute Gasteiger partial charge is 0.0603 e. The van der Waals surface area contributed by atoms with Gasteiger partial charge in [-0.1, -0.05) is 0 Å². The Morgan fingerprint density at radius 2 is 1.20 bits per heavy atom. The Balaban J connectivity index is 1.75. The minimum atomic E-state index is -0.169. The molecule has 0 radical (unpaired) electrons. The van der Waals surface area contributed by atoms with Gasteiger partial charge in [-0.05, 0) is 51.4 Å². The van der Waals surface area contributed by atoms with Crippen molar-refractivity contribution < 1.29 is 14.9 Å². The van der Waals surface area contributed by atoms with E-state index in [9.17, 15) is 10.2 Å². The van der Waals surface area contributed by atoms with Crippen LogP contribution in [0.25, 0.3) is 0 Å². The van der Waals surface area contributed by atoms with Crippen LogP contribution in [0.15, 0.2) is 0 Å². The highest BCUT2D eigenvalue weighted by molar-refractivity contribution is 4.77. The molecular weight excluding hydrogens is 192 g/mol. The van der Waals surface area contributed by atoms with Crippen LogP contribution >= 0.6 is 0 Å². The van der Waals surface area contributed by atoms with Gasteiger partial charge in [-0.25, -0.2) is 0 Å². The molecule has 2 saturated carbocycles. The fourth-order valence-electron chi connectivity index (χ4n) is 2.76. The van der Waals surface area contributed by atoms with E-state index < -0.39 is 0 Å². The zero-order valence-corrected chi connectivity index (χ0v) is 9.27. The molecule has 2 aliphatic carbocycles. The van der Waals surface area contributed by atoms with Gasteiger partial charge >= 0.3 is 0 Å². The predicted octanol–water partition coefficient (Wildman–Crippen LogP) is 1.61. The third-order valence-corrected chi connectivity index (χ3v) is 3.58. The third-order valence-electron chi connectivity index (χ3n) is 3.58. The van der Waals surface area contributed by atoms with Crippen LogP contribution in [0, 0.1) is 0 Å². The molecule has 0 aliphatic heterocycles. The highest BCUT2D eigenvalue weighted by Crippen LogP contribution is 2.27. The maximum absolute atomic E-state index is 9.53. The zero-order valence-electron chi connectivity index (χ0n) is 9.27. The Hall–Kier alpha value is -0.120. The van der Waals surface area contributed by atoms with Gasteiger partial charge in [-0.2, -0.15) is 0 Å². The molecular formula is C12H22O3. The lowest BCUT2D eigenvalue weighted by Gasteiger charge is -2.33. The summed E-state index contributed by atoms with van der Waals surface area (Å²) in [5.41, 5.74) is 0. The van der Waals surface area contributed by atoms with E-state index in [0.717, 1.165) is 51.4 Å². The quantitative estimate of drug-likeness (QED) is 0.734. The largest absolute Gasteiger partial charge is 0.393 e. The molecule has 0 saturated heterocycles. The summed E-state index contributed by atoms with van der Waals surface area (Å²) in [5.74, 6) is 0. The van der Waals surface area contributed by atoms with Gasteiger partial charge in [0.1, 0.15) is 0 Å². The molecule has 88 valence electrons. The van der Waals surface area contributed by atoms with Crippen molar-refractivity contribution in [2.24, 2.45) is 0 Å². The van der Waals surface area contributed by atoms with Crippen LogP contribution in [0.4, 0.5) is 0 Å². The van der Waals surface area contributed by atoms with Crippen molar-refractivity contribution >= 4 is 0 Å². The van der Waals surface area contributed by atoms with Crippen LogP contribution in [0.5, 0.6) is 0 Å². The number of aliphatic hydroxyl groups is 2. The molecule has 0 heterocycles. The number of ether oxygens (including phenoxy) is 1. The average molecular weight is 214 g/mol. The van der Waals surface area contributed by atoms with Crippen LogP contribution in [0.3, 0.4) is 0 Å². The van der Waals surface area contributed by atoms with Crippen LogP contribution in [0.1, 0.15) is 51.4 Å². The summed E-state index contributed by atoms with van der Waals surface area (Å²) in [6.45, 7) is 0. The van der Waals surface area contributed by atoms with Crippen molar-refractivity contribution in [3.8, 4) is 0 Å². The Morgan fingerprint density at radius 1 is 0.733 bits per heavy atom. The first-order chi connectivity index (χ1) is 7.24. The van der Waals surface area contributed by atoms with Crippen molar-refractivity contribution in [1.82, 2.24) is 0 Å². The summed E-state index contributed by atoms with van der Waals surface area (Å²) < 4.78 is 5.95. The maximum atomic E-state index is 9.53. The fourth-order valence-corrected chi connectivity index (χ4v) is 2.76. The van der Waals surface area contributed by atoms with Crippen molar-refractivity contribution in [3.63, 3.8) is 0 Å². The number of hydrogen-bond acceptors (Lipinski definition) is 3. The van der Waals surface area contributed by atoms with Crippen molar-refractivity contribution in [1.29, 1.82) is 0 Å². The zero-order chi connectivity index (χ0) is 10.7. The molecule has 3 heteroatoms. The van der Waals surface area contributed by atoms with Gasteiger partial charge in [0.05, 0.1) is 24.4 Å². The topological polar surface area (TPSA) is 49.7 Å². The Morgan fingerprint density at radius 3 is 1.60 bits per heavy atom. The van der Waals surface area contributed by atoms with Gasteiger partial charge < -0.3 is 14.9 Å². The van der Waals surface area contributed by atoms with Gasteiger partial charge in [-0.3, -0.25) is 0 Å². The molecule has 0 unspecified atom stereocenters. The predicted molar refractivity (Wildman–Crippen MR) is 57.6 cm³/mol. The standard InChI is InChI=1S/C12H22O3/c13-9-3-1-5-11(7-9)15-12-6-2-4-10(14)8-12/h9-14H,1-8H2/t9-,10-,11+,12+/m1/s1. The van der Waals surface area contributed by atoms with Crippen molar-refractivity contribution in [2.45, 2.75) is 75.8 Å². The summed E-state index contributed by atoms with van der Waals surface area (Å²) in [4.78, 5) is 0. The summed E-state index contributed by atoms with van der Waals surface area (Å²) in [7, 11) is 0. The second-order valence-corrected chi connectivity index (χ2v) is 5.02. The molecule has 2 aliphatic rings. The minimum absolute atomic E-state index is 0.169. The van der Waals surface area contributed by atoms with Crippen molar-refractivity contribution in [3.05, 3.63) is 0 Å². The SMILES string of the molecule is O[C@@H]1CCC[C@H](O[C@H]2CCC[C@@H](O)C2)C1. The van der Waals surface area contributed by atoms with Crippen LogP contribution < -0.4 is 0 Å². The van der Waals surface area contributed by atoms with E-state index in [-0.39, 0.29) is 24.4 Å². The first-order valence-corrected chi connectivity index (χ1v) is 6.25. The van der Waals surface area contributed by atoms with Crippen LogP contribution in [-0.4, -0.2) is 34.6 Å². The molecule has 0 amide bonds. The second kappa shape index (κ2) is 5.28. The van der Waals surface area contributed by atoms with E-state index in [4.69, 9.17) is 4.74 Å². The van der Waals surface area contributed by atoms with Gasteiger partial charge in [0.25, 0.3) is 0 Å². The lowest BCUT2D eigenvalue weighted by atomic mass is 9.92. The average Bonchev–Trinajstić information content (AvgIpc) is 2.17. The van der Waals surface area contributed by atoms with E-state index in [1.165, 1.54) is 0 Å². The third kappa shape index (κ3) is 3.44. The van der Waals surface area contributed by atoms with E-state index in [1.807, 2.05) is 0 Å². The first-order valence-electron chi connectivity index (χ1n) is 6.25. The minimum Gasteiger partial charge on any atom is -0.393 e. The van der Waals surface area contributed by atoms with E-state index in [0.29, 0.717) is 0 Å². The lowest BCUT2D eigenvalue weighted by Crippen LogP contribution is -2.33. The number of rotatable bonds is 2. The number of hydrogen-bond donors (Lipinski definition) is 2. The molecule has 2 rings (SSSR count). The summed E-state index contributed by atoms with van der Waals surface area (Å²) in [6.07, 6.45) is 7.82. The van der Waals surface area contributed by atoms with Crippen LogP contribution in [-0.2, 0) is 4.74 Å². The van der Waals surface area contributed by atoms with Gasteiger partial charge in [-0.15, -0.1) is 0 Å². The van der Waals surface area contributed by atoms with Crippen LogP contribution in [0.2, 0.25) is 0 Å². The monoisotopic (exact) mass is 214 g/mol. The highest BCUT2D eigenvalue weighted by atomic mass is 16.5. The van der Waals surface area contributed by atoms with E-state index in [1.54, 1.807) is 0 Å².